The van der Waals surface area contributed by atoms with Gasteiger partial charge in [-0.1, -0.05) is 12.1 Å². The third kappa shape index (κ3) is 5.47. The van der Waals surface area contributed by atoms with Crippen LogP contribution in [0.1, 0.15) is 5.56 Å². The SMILES string of the molecule is Nc1ccc(SCC(=O)NCCc2ccc(F)cc2)cc1. The van der Waals surface area contributed by atoms with Crippen LogP contribution < -0.4 is 11.1 Å². The Bertz CT molecular complexity index is 584. The number of hydrogen-bond acceptors (Lipinski definition) is 3. The predicted molar refractivity (Wildman–Crippen MR) is 84.7 cm³/mol. The number of amides is 1. The Labute approximate surface area is 127 Å². The molecule has 0 bridgehead atoms. The Hall–Kier alpha value is -2.01. The van der Waals surface area contributed by atoms with E-state index in [1.54, 1.807) is 12.1 Å². The second-order valence-electron chi connectivity index (χ2n) is 4.58. The molecule has 1 amide bonds. The van der Waals surface area contributed by atoms with Crippen molar-refractivity contribution in [1.29, 1.82) is 0 Å². The number of anilines is 1. The van der Waals surface area contributed by atoms with Gasteiger partial charge in [0.05, 0.1) is 5.75 Å². The van der Waals surface area contributed by atoms with E-state index in [4.69, 9.17) is 5.73 Å². The van der Waals surface area contributed by atoms with Crippen LogP contribution in [0.4, 0.5) is 10.1 Å². The van der Waals surface area contributed by atoms with E-state index >= 15 is 0 Å². The van der Waals surface area contributed by atoms with E-state index in [1.165, 1.54) is 23.9 Å². The first kappa shape index (κ1) is 15.4. The van der Waals surface area contributed by atoms with Gasteiger partial charge in [-0.3, -0.25) is 4.79 Å². The van der Waals surface area contributed by atoms with Gasteiger partial charge in [-0.05, 0) is 48.4 Å². The van der Waals surface area contributed by atoms with Crippen LogP contribution in [0.15, 0.2) is 53.4 Å². The molecule has 0 aromatic heterocycles. The maximum Gasteiger partial charge on any atom is 0.230 e. The van der Waals surface area contributed by atoms with E-state index < -0.39 is 0 Å². The summed E-state index contributed by atoms with van der Waals surface area (Å²) in [6.45, 7) is 0.548. The molecule has 2 aromatic rings. The third-order valence-electron chi connectivity index (χ3n) is 2.90. The van der Waals surface area contributed by atoms with Crippen LogP contribution in [0.2, 0.25) is 0 Å². The zero-order valence-electron chi connectivity index (χ0n) is 11.5. The second-order valence-corrected chi connectivity index (χ2v) is 5.63. The number of nitrogens with one attached hydrogen (secondary N) is 1. The highest BCUT2D eigenvalue weighted by molar-refractivity contribution is 8.00. The largest absolute Gasteiger partial charge is 0.399 e. The fourth-order valence-electron chi connectivity index (χ4n) is 1.76. The molecule has 110 valence electrons. The molecule has 21 heavy (non-hydrogen) atoms. The summed E-state index contributed by atoms with van der Waals surface area (Å²) in [7, 11) is 0. The van der Waals surface area contributed by atoms with Crippen molar-refractivity contribution in [1.82, 2.24) is 5.32 Å². The molecular formula is C16H17FN2OS. The molecule has 0 aliphatic heterocycles. The van der Waals surface area contributed by atoms with E-state index in [9.17, 15) is 9.18 Å². The second kappa shape index (κ2) is 7.69. The zero-order chi connectivity index (χ0) is 15.1. The Morgan fingerprint density at radius 2 is 1.76 bits per heavy atom. The number of carbonyl (C=O) groups is 1. The summed E-state index contributed by atoms with van der Waals surface area (Å²) in [6, 6.07) is 13.7. The van der Waals surface area contributed by atoms with Crippen molar-refractivity contribution in [2.75, 3.05) is 18.0 Å². The minimum Gasteiger partial charge on any atom is -0.399 e. The summed E-state index contributed by atoms with van der Waals surface area (Å²) in [5.74, 6) is 0.106. The third-order valence-corrected chi connectivity index (χ3v) is 3.91. The first-order valence-electron chi connectivity index (χ1n) is 6.63. The number of benzene rings is 2. The smallest absolute Gasteiger partial charge is 0.230 e. The van der Waals surface area contributed by atoms with Gasteiger partial charge < -0.3 is 11.1 Å². The van der Waals surface area contributed by atoms with E-state index in [0.29, 0.717) is 24.4 Å². The molecule has 0 aliphatic carbocycles. The normalized spacial score (nSPS) is 10.3. The van der Waals surface area contributed by atoms with E-state index in [0.717, 1.165) is 10.5 Å². The van der Waals surface area contributed by atoms with E-state index in [2.05, 4.69) is 5.32 Å². The molecule has 2 aromatic carbocycles. The lowest BCUT2D eigenvalue weighted by Crippen LogP contribution is -2.27. The van der Waals surface area contributed by atoms with Crippen molar-refractivity contribution in [3.05, 3.63) is 59.9 Å². The van der Waals surface area contributed by atoms with Gasteiger partial charge in [0, 0.05) is 17.1 Å². The zero-order valence-corrected chi connectivity index (χ0v) is 12.3. The van der Waals surface area contributed by atoms with Crippen molar-refractivity contribution in [2.24, 2.45) is 0 Å². The average molecular weight is 304 g/mol. The quantitative estimate of drug-likeness (QED) is 0.637. The van der Waals surface area contributed by atoms with E-state index in [-0.39, 0.29) is 11.7 Å². The van der Waals surface area contributed by atoms with Gasteiger partial charge in [-0.2, -0.15) is 0 Å². The maximum absolute atomic E-state index is 12.7. The minimum atomic E-state index is -0.248. The summed E-state index contributed by atoms with van der Waals surface area (Å²) >= 11 is 1.47. The van der Waals surface area contributed by atoms with Crippen molar-refractivity contribution >= 4 is 23.4 Å². The number of nitrogens with two attached hydrogens (primary N) is 1. The highest BCUT2D eigenvalue weighted by atomic mass is 32.2. The Morgan fingerprint density at radius 3 is 2.43 bits per heavy atom. The lowest BCUT2D eigenvalue weighted by molar-refractivity contribution is -0.118. The molecular weight excluding hydrogens is 287 g/mol. The molecule has 0 heterocycles. The molecule has 0 radical (unpaired) electrons. The number of carbonyl (C=O) groups excluding carboxylic acids is 1. The fraction of sp³-hybridized carbons (Fsp3) is 0.188. The van der Waals surface area contributed by atoms with Crippen molar-refractivity contribution in [3.8, 4) is 0 Å². The molecule has 2 rings (SSSR count). The Morgan fingerprint density at radius 1 is 1.10 bits per heavy atom. The maximum atomic E-state index is 12.7. The molecule has 0 unspecified atom stereocenters. The number of hydrogen-bond donors (Lipinski definition) is 2. The van der Waals surface area contributed by atoms with Gasteiger partial charge in [-0.15, -0.1) is 11.8 Å². The van der Waals surface area contributed by atoms with Crippen molar-refractivity contribution in [3.63, 3.8) is 0 Å². The standard InChI is InChI=1S/C16H17FN2OS/c17-13-3-1-12(2-4-13)9-10-19-16(20)11-21-15-7-5-14(18)6-8-15/h1-8H,9-11,18H2,(H,19,20). The van der Waals surface area contributed by atoms with Gasteiger partial charge in [0.25, 0.3) is 0 Å². The average Bonchev–Trinajstić information content (AvgIpc) is 2.49. The first-order valence-corrected chi connectivity index (χ1v) is 7.61. The van der Waals surface area contributed by atoms with Gasteiger partial charge in [0.15, 0.2) is 0 Å². The van der Waals surface area contributed by atoms with Gasteiger partial charge in [-0.25, -0.2) is 4.39 Å². The summed E-state index contributed by atoms with van der Waals surface area (Å²) in [5, 5.41) is 2.85. The monoisotopic (exact) mass is 304 g/mol. The molecule has 3 nitrogen and oxygen atoms in total. The van der Waals surface area contributed by atoms with E-state index in [1.807, 2.05) is 24.3 Å². The Balaban J connectivity index is 1.67. The molecule has 5 heteroatoms. The Kier molecular flexibility index (Phi) is 5.63. The molecule has 0 saturated heterocycles. The number of thioether (sulfide) groups is 1. The molecule has 0 fully saturated rings. The van der Waals surface area contributed by atoms with Crippen molar-refractivity contribution < 1.29 is 9.18 Å². The highest BCUT2D eigenvalue weighted by Crippen LogP contribution is 2.18. The minimum absolute atomic E-state index is 0.0149. The first-order chi connectivity index (χ1) is 10.1. The van der Waals surface area contributed by atoms with Gasteiger partial charge >= 0.3 is 0 Å². The van der Waals surface area contributed by atoms with Crippen LogP contribution in [-0.4, -0.2) is 18.2 Å². The van der Waals surface area contributed by atoms with Crippen LogP contribution in [0.3, 0.4) is 0 Å². The fourth-order valence-corrected chi connectivity index (χ4v) is 2.49. The van der Waals surface area contributed by atoms with Crippen LogP contribution in [0.5, 0.6) is 0 Å². The number of halogens is 1. The lowest BCUT2D eigenvalue weighted by atomic mass is 10.1. The van der Waals surface area contributed by atoms with Crippen LogP contribution in [0.25, 0.3) is 0 Å². The van der Waals surface area contributed by atoms with Gasteiger partial charge in [0.1, 0.15) is 5.82 Å². The van der Waals surface area contributed by atoms with Crippen LogP contribution >= 0.6 is 11.8 Å². The van der Waals surface area contributed by atoms with Crippen molar-refractivity contribution in [2.45, 2.75) is 11.3 Å². The molecule has 0 spiro atoms. The van der Waals surface area contributed by atoms with Gasteiger partial charge in [0.2, 0.25) is 5.91 Å². The summed E-state index contributed by atoms with van der Waals surface area (Å²) < 4.78 is 12.7. The topological polar surface area (TPSA) is 55.1 Å². The summed E-state index contributed by atoms with van der Waals surface area (Å²) in [4.78, 5) is 12.7. The molecule has 0 saturated carbocycles. The number of rotatable bonds is 6. The lowest BCUT2D eigenvalue weighted by Gasteiger charge is -2.06. The molecule has 0 aliphatic rings. The number of nitrogen functional groups attached to an aromatic ring is 1. The van der Waals surface area contributed by atoms with Crippen LogP contribution in [-0.2, 0) is 11.2 Å². The molecule has 0 atom stereocenters. The predicted octanol–water partition coefficient (Wildman–Crippen LogP) is 2.86. The molecule has 3 N–H and O–H groups in total. The summed E-state index contributed by atoms with van der Waals surface area (Å²) in [5.41, 5.74) is 7.31. The summed E-state index contributed by atoms with van der Waals surface area (Å²) in [6.07, 6.45) is 0.693. The highest BCUT2D eigenvalue weighted by Gasteiger charge is 2.03. The van der Waals surface area contributed by atoms with Crippen LogP contribution in [0, 0.1) is 5.82 Å².